The molecule has 0 heterocycles. The third-order valence-corrected chi connectivity index (χ3v) is 2.86. The number of ketones is 1. The monoisotopic (exact) mass is 216 g/mol. The molecule has 0 spiro atoms. The molecule has 1 atom stereocenters. The molecule has 0 aliphatic carbocycles. The van der Waals surface area contributed by atoms with Gasteiger partial charge in [-0.15, -0.1) is 6.58 Å². The highest BCUT2D eigenvalue weighted by Gasteiger charge is 2.13. The molecule has 0 bridgehead atoms. The maximum absolute atomic E-state index is 11.5. The molecule has 1 rings (SSSR count). The lowest BCUT2D eigenvalue weighted by Crippen LogP contribution is -2.13. The van der Waals surface area contributed by atoms with Gasteiger partial charge in [0.1, 0.15) is 5.78 Å². The van der Waals surface area contributed by atoms with Crippen molar-refractivity contribution in [2.75, 3.05) is 0 Å². The van der Waals surface area contributed by atoms with E-state index < -0.39 is 0 Å². The quantitative estimate of drug-likeness (QED) is 0.662. The van der Waals surface area contributed by atoms with Crippen LogP contribution in [-0.2, 0) is 11.2 Å². The summed E-state index contributed by atoms with van der Waals surface area (Å²) in [5, 5.41) is 0. The van der Waals surface area contributed by atoms with Crippen LogP contribution in [0.3, 0.4) is 0 Å². The van der Waals surface area contributed by atoms with Gasteiger partial charge < -0.3 is 0 Å². The fourth-order valence-corrected chi connectivity index (χ4v) is 1.89. The molecule has 0 aliphatic heterocycles. The first-order valence-corrected chi connectivity index (χ1v) is 5.80. The van der Waals surface area contributed by atoms with E-state index in [1.807, 2.05) is 6.08 Å². The predicted molar refractivity (Wildman–Crippen MR) is 68.5 cm³/mol. The lowest BCUT2D eigenvalue weighted by atomic mass is 9.91. The molecule has 0 radical (unpaired) electrons. The van der Waals surface area contributed by atoms with E-state index in [9.17, 15) is 4.79 Å². The Labute approximate surface area is 98.2 Å². The van der Waals surface area contributed by atoms with Gasteiger partial charge in [0.15, 0.2) is 0 Å². The summed E-state index contributed by atoms with van der Waals surface area (Å²) >= 11 is 0. The van der Waals surface area contributed by atoms with Crippen molar-refractivity contribution in [3.63, 3.8) is 0 Å². The Balaban J connectivity index is 2.67. The normalized spacial score (nSPS) is 12.1. The summed E-state index contributed by atoms with van der Waals surface area (Å²) in [4.78, 5) is 11.5. The van der Waals surface area contributed by atoms with Gasteiger partial charge in [0.05, 0.1) is 0 Å². The SMILES string of the molecule is C=CCCC(Cc1cccc(C)c1)C(C)=O. The van der Waals surface area contributed by atoms with Crippen molar-refractivity contribution in [2.24, 2.45) is 5.92 Å². The maximum Gasteiger partial charge on any atom is 0.133 e. The fourth-order valence-electron chi connectivity index (χ4n) is 1.89. The molecule has 0 saturated heterocycles. The Hall–Kier alpha value is -1.37. The molecule has 0 amide bonds. The van der Waals surface area contributed by atoms with Gasteiger partial charge >= 0.3 is 0 Å². The van der Waals surface area contributed by atoms with E-state index in [-0.39, 0.29) is 11.7 Å². The number of hydrogen-bond donors (Lipinski definition) is 0. The van der Waals surface area contributed by atoms with Crippen molar-refractivity contribution in [1.82, 2.24) is 0 Å². The first-order chi connectivity index (χ1) is 7.63. The molecular weight excluding hydrogens is 196 g/mol. The van der Waals surface area contributed by atoms with Crippen molar-refractivity contribution in [3.8, 4) is 0 Å². The van der Waals surface area contributed by atoms with Crippen molar-refractivity contribution >= 4 is 5.78 Å². The van der Waals surface area contributed by atoms with E-state index >= 15 is 0 Å². The molecule has 16 heavy (non-hydrogen) atoms. The minimum absolute atomic E-state index is 0.139. The maximum atomic E-state index is 11.5. The van der Waals surface area contributed by atoms with E-state index in [2.05, 4.69) is 37.8 Å². The van der Waals surface area contributed by atoms with Crippen LogP contribution in [0.2, 0.25) is 0 Å². The summed E-state index contributed by atoms with van der Waals surface area (Å²) in [6.07, 6.45) is 4.56. The Morgan fingerprint density at radius 2 is 2.25 bits per heavy atom. The van der Waals surface area contributed by atoms with E-state index in [1.165, 1.54) is 11.1 Å². The minimum Gasteiger partial charge on any atom is -0.300 e. The molecule has 1 heteroatoms. The molecule has 0 aliphatic rings. The average Bonchev–Trinajstić information content (AvgIpc) is 2.24. The number of carbonyl (C=O) groups excluding carboxylic acids is 1. The molecule has 0 aromatic heterocycles. The minimum atomic E-state index is 0.139. The first-order valence-electron chi connectivity index (χ1n) is 5.80. The molecule has 1 nitrogen and oxygen atoms in total. The lowest BCUT2D eigenvalue weighted by Gasteiger charge is -2.13. The van der Waals surface area contributed by atoms with E-state index in [0.717, 1.165) is 19.3 Å². The molecule has 86 valence electrons. The molecule has 1 unspecified atom stereocenters. The largest absolute Gasteiger partial charge is 0.300 e. The van der Waals surface area contributed by atoms with Crippen LogP contribution in [-0.4, -0.2) is 5.78 Å². The van der Waals surface area contributed by atoms with Crippen LogP contribution < -0.4 is 0 Å². The molecule has 1 aromatic carbocycles. The smallest absolute Gasteiger partial charge is 0.133 e. The van der Waals surface area contributed by atoms with Crippen LogP contribution >= 0.6 is 0 Å². The van der Waals surface area contributed by atoms with Crippen LogP contribution in [0.1, 0.15) is 30.9 Å². The van der Waals surface area contributed by atoms with Crippen LogP contribution in [0.25, 0.3) is 0 Å². The number of hydrogen-bond acceptors (Lipinski definition) is 1. The van der Waals surface area contributed by atoms with Crippen LogP contribution in [0.4, 0.5) is 0 Å². The summed E-state index contributed by atoms with van der Waals surface area (Å²) in [7, 11) is 0. The van der Waals surface area contributed by atoms with Crippen LogP contribution in [0.15, 0.2) is 36.9 Å². The third-order valence-electron chi connectivity index (χ3n) is 2.86. The summed E-state index contributed by atoms with van der Waals surface area (Å²) < 4.78 is 0. The zero-order valence-corrected chi connectivity index (χ0v) is 10.2. The molecule has 0 N–H and O–H groups in total. The Morgan fingerprint density at radius 1 is 1.50 bits per heavy atom. The van der Waals surface area contributed by atoms with Gasteiger partial charge in [-0.05, 0) is 38.7 Å². The lowest BCUT2D eigenvalue weighted by molar-refractivity contribution is -0.120. The van der Waals surface area contributed by atoms with Crippen molar-refractivity contribution < 1.29 is 4.79 Å². The Bertz CT molecular complexity index is 365. The van der Waals surface area contributed by atoms with Crippen LogP contribution in [0.5, 0.6) is 0 Å². The number of rotatable bonds is 6. The van der Waals surface area contributed by atoms with E-state index in [1.54, 1.807) is 6.92 Å². The molecule has 0 saturated carbocycles. The highest BCUT2D eigenvalue weighted by atomic mass is 16.1. The third kappa shape index (κ3) is 4.01. The highest BCUT2D eigenvalue weighted by Crippen LogP contribution is 2.16. The van der Waals surface area contributed by atoms with Crippen molar-refractivity contribution in [3.05, 3.63) is 48.0 Å². The summed E-state index contributed by atoms with van der Waals surface area (Å²) in [5.41, 5.74) is 2.51. The Morgan fingerprint density at radius 3 is 2.81 bits per heavy atom. The molecule has 0 fully saturated rings. The summed E-state index contributed by atoms with van der Waals surface area (Å²) in [6, 6.07) is 8.38. The molecular formula is C15H20O. The topological polar surface area (TPSA) is 17.1 Å². The standard InChI is InChI=1S/C15H20O/c1-4-5-9-15(13(3)16)11-14-8-6-7-12(2)10-14/h4,6-8,10,15H,1,5,9,11H2,2-3H3. The number of Topliss-reactive ketones (excluding diaryl/α,β-unsaturated/α-hetero) is 1. The summed E-state index contributed by atoms with van der Waals surface area (Å²) in [5.74, 6) is 0.420. The first kappa shape index (κ1) is 12.7. The second kappa shape index (κ2) is 6.26. The van der Waals surface area contributed by atoms with Gasteiger partial charge in [0.2, 0.25) is 0 Å². The number of carbonyl (C=O) groups is 1. The zero-order chi connectivity index (χ0) is 12.0. The van der Waals surface area contributed by atoms with Gasteiger partial charge in [0.25, 0.3) is 0 Å². The van der Waals surface area contributed by atoms with Crippen LogP contribution in [0, 0.1) is 12.8 Å². The van der Waals surface area contributed by atoms with E-state index in [4.69, 9.17) is 0 Å². The number of benzene rings is 1. The number of aryl methyl sites for hydroxylation is 1. The zero-order valence-electron chi connectivity index (χ0n) is 10.2. The fraction of sp³-hybridized carbons (Fsp3) is 0.400. The second-order valence-corrected chi connectivity index (χ2v) is 4.37. The van der Waals surface area contributed by atoms with Gasteiger partial charge in [-0.1, -0.05) is 35.9 Å². The van der Waals surface area contributed by atoms with Crippen molar-refractivity contribution in [1.29, 1.82) is 0 Å². The number of allylic oxidation sites excluding steroid dienone is 1. The summed E-state index contributed by atoms with van der Waals surface area (Å²) in [6.45, 7) is 7.47. The Kier molecular flexibility index (Phi) is 4.97. The average molecular weight is 216 g/mol. The second-order valence-electron chi connectivity index (χ2n) is 4.37. The molecule has 1 aromatic rings. The highest BCUT2D eigenvalue weighted by molar-refractivity contribution is 5.78. The van der Waals surface area contributed by atoms with Gasteiger partial charge in [-0.25, -0.2) is 0 Å². The van der Waals surface area contributed by atoms with E-state index in [0.29, 0.717) is 0 Å². The van der Waals surface area contributed by atoms with Gasteiger partial charge in [0, 0.05) is 5.92 Å². The van der Waals surface area contributed by atoms with Crippen molar-refractivity contribution in [2.45, 2.75) is 33.1 Å². The van der Waals surface area contributed by atoms with Gasteiger partial charge in [-0.3, -0.25) is 4.79 Å². The van der Waals surface area contributed by atoms with Gasteiger partial charge in [-0.2, -0.15) is 0 Å². The predicted octanol–water partition coefficient (Wildman–Crippen LogP) is 3.71.